The highest BCUT2D eigenvalue weighted by Gasteiger charge is 2.30. The summed E-state index contributed by atoms with van der Waals surface area (Å²) in [6.45, 7) is 15.8. The maximum atomic E-state index is 12.2. The van der Waals surface area contributed by atoms with Gasteiger partial charge in [0.1, 0.15) is 5.60 Å². The van der Waals surface area contributed by atoms with Crippen molar-refractivity contribution in [2.45, 2.75) is 66.1 Å². The molecule has 0 bridgehead atoms. The monoisotopic (exact) mass is 365 g/mol. The third-order valence-electron chi connectivity index (χ3n) is 2.99. The number of alkyl halides is 1. The summed E-state index contributed by atoms with van der Waals surface area (Å²) in [5, 5.41) is 0.678. The summed E-state index contributed by atoms with van der Waals surface area (Å²) in [7, 11) is 0. The third kappa shape index (κ3) is 9.35. The van der Waals surface area contributed by atoms with Gasteiger partial charge in [0.15, 0.2) is 0 Å². The maximum absolute atomic E-state index is 12.2. The molecule has 21 heavy (non-hydrogen) atoms. The van der Waals surface area contributed by atoms with E-state index >= 15 is 0 Å². The molecule has 0 aromatic heterocycles. The van der Waals surface area contributed by atoms with Crippen LogP contribution in [0.4, 0.5) is 4.79 Å². The molecular weight excluding hydrogens is 334 g/mol. The average molecular weight is 366 g/mol. The fourth-order valence-electron chi connectivity index (χ4n) is 1.70. The van der Waals surface area contributed by atoms with Crippen molar-refractivity contribution in [1.29, 1.82) is 0 Å². The molecule has 0 aromatic carbocycles. The number of halogens is 1. The Morgan fingerprint density at radius 3 is 2.19 bits per heavy atom. The highest BCUT2D eigenvalue weighted by Crippen LogP contribution is 2.19. The maximum Gasteiger partial charge on any atom is 0.410 e. The molecule has 0 radical (unpaired) electrons. The van der Waals surface area contributed by atoms with Crippen molar-refractivity contribution in [3.05, 3.63) is 0 Å². The normalized spacial score (nSPS) is 14.9. The van der Waals surface area contributed by atoms with Crippen LogP contribution in [-0.2, 0) is 9.47 Å². The van der Waals surface area contributed by atoms with E-state index in [1.54, 1.807) is 4.90 Å². The molecule has 0 rings (SSSR count). The lowest BCUT2D eigenvalue weighted by atomic mass is 10.1. The quantitative estimate of drug-likeness (QED) is 0.596. The van der Waals surface area contributed by atoms with Gasteiger partial charge in [-0.1, -0.05) is 29.8 Å². The van der Waals surface area contributed by atoms with Crippen LogP contribution in [0.1, 0.15) is 54.9 Å². The molecule has 0 fully saturated rings. The standard InChI is InChI=1S/C16H32BrNO3/c1-8-18(14(19)21-15(4,5)6)12-16(7,11-17)20-10-9-13(2)3/h13H,8-12H2,1-7H3. The highest BCUT2D eigenvalue weighted by atomic mass is 79.9. The number of ether oxygens (including phenoxy) is 2. The van der Waals surface area contributed by atoms with Crippen molar-refractivity contribution in [3.8, 4) is 0 Å². The van der Waals surface area contributed by atoms with Crippen molar-refractivity contribution < 1.29 is 14.3 Å². The SMILES string of the molecule is CCN(CC(C)(CBr)OCCC(C)C)C(=O)OC(C)(C)C. The van der Waals surface area contributed by atoms with E-state index in [4.69, 9.17) is 9.47 Å². The smallest absolute Gasteiger partial charge is 0.410 e. The molecule has 126 valence electrons. The van der Waals surface area contributed by atoms with Crippen molar-refractivity contribution >= 4 is 22.0 Å². The van der Waals surface area contributed by atoms with E-state index in [1.807, 2.05) is 34.6 Å². The van der Waals surface area contributed by atoms with Gasteiger partial charge in [-0.25, -0.2) is 4.79 Å². The predicted molar refractivity (Wildman–Crippen MR) is 91.1 cm³/mol. The predicted octanol–water partition coefficient (Wildman–Crippen LogP) is 4.46. The van der Waals surface area contributed by atoms with Crippen LogP contribution >= 0.6 is 15.9 Å². The van der Waals surface area contributed by atoms with Crippen LogP contribution in [0.15, 0.2) is 0 Å². The Morgan fingerprint density at radius 1 is 1.24 bits per heavy atom. The van der Waals surface area contributed by atoms with Crippen LogP contribution in [0.2, 0.25) is 0 Å². The first-order valence-corrected chi connectivity index (χ1v) is 8.83. The molecule has 1 amide bonds. The van der Waals surface area contributed by atoms with E-state index in [9.17, 15) is 4.79 Å². The molecule has 1 atom stereocenters. The van der Waals surface area contributed by atoms with Crippen LogP contribution in [0.3, 0.4) is 0 Å². The van der Waals surface area contributed by atoms with Crippen molar-refractivity contribution in [2.24, 2.45) is 5.92 Å². The Morgan fingerprint density at radius 2 is 1.81 bits per heavy atom. The first-order valence-electron chi connectivity index (χ1n) is 7.71. The lowest BCUT2D eigenvalue weighted by Crippen LogP contribution is -2.48. The zero-order valence-corrected chi connectivity index (χ0v) is 16.2. The van der Waals surface area contributed by atoms with Crippen LogP contribution in [0, 0.1) is 5.92 Å². The number of hydrogen-bond donors (Lipinski definition) is 0. The van der Waals surface area contributed by atoms with E-state index in [1.165, 1.54) is 0 Å². The van der Waals surface area contributed by atoms with E-state index in [2.05, 4.69) is 29.8 Å². The van der Waals surface area contributed by atoms with Crippen molar-refractivity contribution in [1.82, 2.24) is 4.90 Å². The van der Waals surface area contributed by atoms with Gasteiger partial charge >= 0.3 is 6.09 Å². The number of likely N-dealkylation sites (N-methyl/N-ethyl adjacent to an activating group) is 1. The molecule has 0 aliphatic rings. The molecule has 4 nitrogen and oxygen atoms in total. The number of carbonyl (C=O) groups excluding carboxylic acids is 1. The molecule has 0 aliphatic heterocycles. The van der Waals surface area contributed by atoms with Gasteiger partial charge in [0.05, 0.1) is 12.1 Å². The summed E-state index contributed by atoms with van der Waals surface area (Å²) in [5.74, 6) is 0.609. The molecule has 0 saturated carbocycles. The topological polar surface area (TPSA) is 38.8 Å². The first kappa shape index (κ1) is 20.7. The molecule has 0 aliphatic carbocycles. The highest BCUT2D eigenvalue weighted by molar-refractivity contribution is 9.09. The number of carbonyl (C=O) groups is 1. The lowest BCUT2D eigenvalue weighted by molar-refractivity contribution is -0.0452. The molecule has 0 saturated heterocycles. The summed E-state index contributed by atoms with van der Waals surface area (Å²) in [6.07, 6.45) is 0.728. The fourth-order valence-corrected chi connectivity index (χ4v) is 2.04. The van der Waals surface area contributed by atoms with Gasteiger partial charge < -0.3 is 14.4 Å². The minimum absolute atomic E-state index is 0.287. The summed E-state index contributed by atoms with van der Waals surface area (Å²) >= 11 is 3.50. The van der Waals surface area contributed by atoms with Crippen LogP contribution in [0.25, 0.3) is 0 Å². The lowest BCUT2D eigenvalue weighted by Gasteiger charge is -2.35. The Balaban J connectivity index is 4.62. The van der Waals surface area contributed by atoms with Crippen LogP contribution in [0.5, 0.6) is 0 Å². The largest absolute Gasteiger partial charge is 0.444 e. The van der Waals surface area contributed by atoms with Gasteiger partial charge in [-0.3, -0.25) is 0 Å². The molecule has 0 N–H and O–H groups in total. The zero-order chi connectivity index (χ0) is 16.7. The van der Waals surface area contributed by atoms with Gasteiger partial charge in [0.2, 0.25) is 0 Å². The molecule has 0 heterocycles. The molecule has 0 aromatic rings. The van der Waals surface area contributed by atoms with Crippen molar-refractivity contribution in [2.75, 3.05) is 25.0 Å². The van der Waals surface area contributed by atoms with E-state index in [0.717, 1.165) is 6.42 Å². The number of rotatable bonds is 8. The molecule has 5 heteroatoms. The Bertz CT molecular complexity index is 315. The molecule has 0 spiro atoms. The third-order valence-corrected chi connectivity index (χ3v) is 4.17. The van der Waals surface area contributed by atoms with E-state index < -0.39 is 11.2 Å². The second-order valence-corrected chi connectivity index (χ2v) is 7.67. The van der Waals surface area contributed by atoms with Crippen LogP contribution < -0.4 is 0 Å². The molecule has 1 unspecified atom stereocenters. The van der Waals surface area contributed by atoms with E-state index in [0.29, 0.717) is 30.9 Å². The molecular formula is C16H32BrNO3. The second kappa shape index (κ2) is 8.99. The Kier molecular flexibility index (Phi) is 8.86. The van der Waals surface area contributed by atoms with Gasteiger partial charge in [-0.15, -0.1) is 0 Å². The second-order valence-electron chi connectivity index (χ2n) is 7.11. The average Bonchev–Trinajstić information content (AvgIpc) is 2.33. The summed E-state index contributed by atoms with van der Waals surface area (Å²) in [6, 6.07) is 0. The van der Waals surface area contributed by atoms with Gasteiger partial charge in [0, 0.05) is 18.5 Å². The summed E-state index contributed by atoms with van der Waals surface area (Å²) in [5.41, 5.74) is -0.879. The van der Waals surface area contributed by atoms with E-state index in [-0.39, 0.29) is 6.09 Å². The Hall–Kier alpha value is -0.290. The van der Waals surface area contributed by atoms with Gasteiger partial charge in [-0.05, 0) is 47.0 Å². The minimum Gasteiger partial charge on any atom is -0.444 e. The zero-order valence-electron chi connectivity index (χ0n) is 14.7. The van der Waals surface area contributed by atoms with Gasteiger partial charge in [-0.2, -0.15) is 0 Å². The first-order chi connectivity index (χ1) is 9.53. The number of nitrogens with zero attached hydrogens (tertiary/aromatic N) is 1. The number of amides is 1. The Labute approximate surface area is 138 Å². The van der Waals surface area contributed by atoms with Crippen LogP contribution in [-0.4, -0.2) is 47.2 Å². The van der Waals surface area contributed by atoms with Gasteiger partial charge in [0.25, 0.3) is 0 Å². The number of hydrogen-bond acceptors (Lipinski definition) is 3. The minimum atomic E-state index is -0.478. The van der Waals surface area contributed by atoms with Crippen molar-refractivity contribution in [3.63, 3.8) is 0 Å². The summed E-state index contributed by atoms with van der Waals surface area (Å²) < 4.78 is 11.4. The summed E-state index contributed by atoms with van der Waals surface area (Å²) in [4.78, 5) is 13.9. The fraction of sp³-hybridized carbons (Fsp3) is 0.938.